The summed E-state index contributed by atoms with van der Waals surface area (Å²) in [5, 5.41) is 7.55. The van der Waals surface area contributed by atoms with Crippen LogP contribution in [0.25, 0.3) is 32.4 Å². The lowest BCUT2D eigenvalue weighted by molar-refractivity contribution is 1.14. The second-order valence-electron chi connectivity index (χ2n) is 7.55. The second-order valence-corrected chi connectivity index (χ2v) is 9.72. The fraction of sp³-hybridized carbons (Fsp3) is 0. The zero-order chi connectivity index (χ0) is 20.6. The van der Waals surface area contributed by atoms with Gasteiger partial charge in [0.05, 0.1) is 9.92 Å². The first kappa shape index (κ1) is 18.6. The third kappa shape index (κ3) is 3.60. The zero-order valence-corrected chi connectivity index (χ0v) is 18.3. The van der Waals surface area contributed by atoms with Crippen LogP contribution in [-0.2, 0) is 0 Å². The first-order valence-corrected chi connectivity index (χ1v) is 11.9. The van der Waals surface area contributed by atoms with E-state index in [2.05, 4.69) is 114 Å². The summed E-state index contributed by atoms with van der Waals surface area (Å²) < 4.78 is 0. The van der Waals surface area contributed by atoms with Crippen LogP contribution in [0.2, 0.25) is 0 Å². The number of aromatic amines is 1. The van der Waals surface area contributed by atoms with Gasteiger partial charge in [-0.05, 0) is 51.9 Å². The molecule has 6 aromatic rings. The predicted molar refractivity (Wildman–Crippen MR) is 134 cm³/mol. The van der Waals surface area contributed by atoms with Crippen molar-refractivity contribution in [2.24, 2.45) is 0 Å². The number of aromatic nitrogens is 1. The molecule has 6 rings (SSSR count). The van der Waals surface area contributed by atoms with Crippen molar-refractivity contribution in [2.45, 2.75) is 19.7 Å². The molecule has 0 fully saturated rings. The van der Waals surface area contributed by atoms with Gasteiger partial charge in [0.1, 0.15) is 0 Å². The molecule has 31 heavy (non-hydrogen) atoms. The molecule has 0 atom stereocenters. The minimum atomic E-state index is 1.18. The fourth-order valence-electron chi connectivity index (χ4n) is 3.96. The van der Waals surface area contributed by atoms with Crippen LogP contribution in [0, 0.1) is 0 Å². The third-order valence-corrected chi connectivity index (χ3v) is 7.75. The van der Waals surface area contributed by atoms with E-state index < -0.39 is 0 Å². The van der Waals surface area contributed by atoms with Crippen LogP contribution in [0.15, 0.2) is 129 Å². The van der Waals surface area contributed by atoms with Crippen molar-refractivity contribution in [3.63, 3.8) is 0 Å². The lowest BCUT2D eigenvalue weighted by Gasteiger charge is -2.07. The number of hydrogen-bond acceptors (Lipinski definition) is 2. The van der Waals surface area contributed by atoms with Crippen molar-refractivity contribution in [1.29, 1.82) is 0 Å². The SMILES string of the molecule is c1ccc2cc(Sc3[nH]c4ccccc4c3Sc3ccc4ccccc4c3)ccc2c1. The molecule has 0 radical (unpaired) electrons. The standard InChI is InChI=1S/C28H19NS2/c1-3-9-21-17-23(15-13-19(21)7-1)30-27-25-11-5-6-12-26(25)29-28(27)31-24-16-14-20-8-2-4-10-22(20)18-24/h1-18,29H. The highest BCUT2D eigenvalue weighted by Gasteiger charge is 2.14. The van der Waals surface area contributed by atoms with Crippen molar-refractivity contribution in [1.82, 2.24) is 4.98 Å². The number of rotatable bonds is 4. The molecular weight excluding hydrogens is 414 g/mol. The summed E-state index contributed by atoms with van der Waals surface area (Å²) in [4.78, 5) is 7.44. The van der Waals surface area contributed by atoms with Gasteiger partial charge in [-0.2, -0.15) is 0 Å². The van der Waals surface area contributed by atoms with E-state index in [0.717, 1.165) is 0 Å². The van der Waals surface area contributed by atoms with E-state index in [1.54, 1.807) is 11.8 Å². The van der Waals surface area contributed by atoms with E-state index in [1.165, 1.54) is 52.2 Å². The van der Waals surface area contributed by atoms with Crippen molar-refractivity contribution < 1.29 is 0 Å². The number of benzene rings is 5. The summed E-state index contributed by atoms with van der Waals surface area (Å²) in [6.07, 6.45) is 0. The van der Waals surface area contributed by atoms with Crippen LogP contribution in [0.5, 0.6) is 0 Å². The molecular formula is C28H19NS2. The minimum absolute atomic E-state index is 1.18. The lowest BCUT2D eigenvalue weighted by Crippen LogP contribution is -1.80. The highest BCUT2D eigenvalue weighted by Crippen LogP contribution is 2.43. The highest BCUT2D eigenvalue weighted by molar-refractivity contribution is 8.02. The summed E-state index contributed by atoms with van der Waals surface area (Å²) in [6, 6.07) is 39.0. The Bertz CT molecular complexity index is 1550. The quantitative estimate of drug-likeness (QED) is 0.299. The van der Waals surface area contributed by atoms with Gasteiger partial charge in [0.2, 0.25) is 0 Å². The smallest absolute Gasteiger partial charge is 0.0923 e. The highest BCUT2D eigenvalue weighted by atomic mass is 32.2. The van der Waals surface area contributed by atoms with Crippen molar-refractivity contribution >= 4 is 56.0 Å². The predicted octanol–water partition coefficient (Wildman–Crippen LogP) is 8.78. The number of hydrogen-bond donors (Lipinski definition) is 1. The van der Waals surface area contributed by atoms with E-state index in [1.807, 2.05) is 11.8 Å². The Morgan fingerprint density at radius 1 is 0.484 bits per heavy atom. The molecule has 0 aliphatic heterocycles. The number of para-hydroxylation sites is 1. The van der Waals surface area contributed by atoms with Gasteiger partial charge < -0.3 is 4.98 Å². The van der Waals surface area contributed by atoms with Gasteiger partial charge in [-0.15, -0.1) is 0 Å². The van der Waals surface area contributed by atoms with E-state index in [9.17, 15) is 0 Å². The molecule has 1 aromatic heterocycles. The van der Waals surface area contributed by atoms with Gasteiger partial charge in [0.25, 0.3) is 0 Å². The van der Waals surface area contributed by atoms with Gasteiger partial charge in [-0.25, -0.2) is 0 Å². The minimum Gasteiger partial charge on any atom is -0.348 e. The summed E-state index contributed by atoms with van der Waals surface area (Å²) in [6.45, 7) is 0. The van der Waals surface area contributed by atoms with Crippen molar-refractivity contribution in [3.8, 4) is 0 Å². The van der Waals surface area contributed by atoms with Gasteiger partial charge in [0.15, 0.2) is 0 Å². The molecule has 0 bridgehead atoms. The first-order chi connectivity index (χ1) is 15.3. The summed E-state index contributed by atoms with van der Waals surface area (Å²) in [7, 11) is 0. The second kappa shape index (κ2) is 7.84. The maximum absolute atomic E-state index is 3.66. The van der Waals surface area contributed by atoms with Crippen LogP contribution in [-0.4, -0.2) is 4.98 Å². The van der Waals surface area contributed by atoms with Crippen molar-refractivity contribution in [3.05, 3.63) is 109 Å². The summed E-state index contributed by atoms with van der Waals surface area (Å²) in [5.41, 5.74) is 1.18. The molecule has 1 N–H and O–H groups in total. The van der Waals surface area contributed by atoms with Gasteiger partial charge in [0, 0.05) is 20.7 Å². The van der Waals surface area contributed by atoms with Crippen LogP contribution in [0.3, 0.4) is 0 Å². The molecule has 5 aromatic carbocycles. The van der Waals surface area contributed by atoms with E-state index in [4.69, 9.17) is 0 Å². The maximum atomic E-state index is 3.66. The number of fused-ring (bicyclic) bond motifs is 3. The Balaban J connectivity index is 1.42. The molecule has 0 saturated carbocycles. The summed E-state index contributed by atoms with van der Waals surface area (Å²) in [5.74, 6) is 0. The molecule has 0 aliphatic carbocycles. The Hall–Kier alpha value is -3.14. The van der Waals surface area contributed by atoms with Gasteiger partial charge in [-0.1, -0.05) is 102 Å². The van der Waals surface area contributed by atoms with Crippen LogP contribution < -0.4 is 0 Å². The lowest BCUT2D eigenvalue weighted by atomic mass is 10.1. The third-order valence-electron chi connectivity index (χ3n) is 5.51. The van der Waals surface area contributed by atoms with Gasteiger partial charge >= 0.3 is 0 Å². The van der Waals surface area contributed by atoms with E-state index in [-0.39, 0.29) is 0 Å². The molecule has 0 amide bonds. The maximum Gasteiger partial charge on any atom is 0.0923 e. The van der Waals surface area contributed by atoms with Crippen molar-refractivity contribution in [2.75, 3.05) is 0 Å². The fourth-order valence-corrected chi connectivity index (χ4v) is 6.12. The summed E-state index contributed by atoms with van der Waals surface area (Å²) >= 11 is 3.64. The largest absolute Gasteiger partial charge is 0.348 e. The Morgan fingerprint density at radius 3 is 1.71 bits per heavy atom. The zero-order valence-electron chi connectivity index (χ0n) is 16.7. The van der Waals surface area contributed by atoms with Crippen LogP contribution >= 0.6 is 23.5 Å². The Morgan fingerprint density at radius 2 is 1.03 bits per heavy atom. The normalized spacial score (nSPS) is 11.5. The molecule has 0 unspecified atom stereocenters. The first-order valence-electron chi connectivity index (χ1n) is 10.3. The average Bonchev–Trinajstić information content (AvgIpc) is 3.16. The topological polar surface area (TPSA) is 15.8 Å². The van der Waals surface area contributed by atoms with Crippen LogP contribution in [0.4, 0.5) is 0 Å². The Labute approximate surface area is 189 Å². The molecule has 3 heteroatoms. The monoisotopic (exact) mass is 433 g/mol. The number of H-pyrrole nitrogens is 1. The molecule has 1 nitrogen and oxygen atoms in total. The van der Waals surface area contributed by atoms with E-state index >= 15 is 0 Å². The molecule has 148 valence electrons. The molecule has 0 spiro atoms. The Kier molecular flexibility index (Phi) is 4.71. The van der Waals surface area contributed by atoms with Crippen LogP contribution in [0.1, 0.15) is 0 Å². The number of nitrogens with one attached hydrogen (secondary N) is 1. The molecule has 0 aliphatic rings. The molecule has 0 saturated heterocycles. The van der Waals surface area contributed by atoms with Gasteiger partial charge in [-0.3, -0.25) is 0 Å². The average molecular weight is 434 g/mol. The van der Waals surface area contributed by atoms with E-state index in [0.29, 0.717) is 0 Å². The molecule has 1 heterocycles.